The third kappa shape index (κ3) is 8.75. The van der Waals surface area contributed by atoms with Crippen molar-refractivity contribution in [3.05, 3.63) is 30.3 Å². The number of hydrogen-bond donors (Lipinski definition) is 0. The topological polar surface area (TPSA) is 27.7 Å². The van der Waals surface area contributed by atoms with Gasteiger partial charge in [0, 0.05) is 10.7 Å². The molecule has 0 aromatic heterocycles. The van der Waals surface area contributed by atoms with Crippen molar-refractivity contribution in [3.8, 4) is 17.2 Å². The minimum absolute atomic E-state index is 0.736. The van der Waals surface area contributed by atoms with E-state index in [-0.39, 0.29) is 0 Å². The molecular weight excluding hydrogens is 440 g/mol. The first-order chi connectivity index (χ1) is 14.8. The Labute approximate surface area is 191 Å². The van der Waals surface area contributed by atoms with Gasteiger partial charge in [-0.05, 0) is 48.9 Å². The molecule has 0 aliphatic rings. The second-order valence-electron chi connectivity index (χ2n) is 7.90. The van der Waals surface area contributed by atoms with Crippen LogP contribution in [0.5, 0.6) is 17.2 Å². The Bertz CT molecular complexity index is 717. The van der Waals surface area contributed by atoms with E-state index in [0.717, 1.165) is 59.4 Å². The Hall–Kier alpha value is -1.42. The predicted octanol–water partition coefficient (Wildman–Crippen LogP) is 8.31. The summed E-state index contributed by atoms with van der Waals surface area (Å²) in [5.74, 6) is 2.57. The first-order valence-electron chi connectivity index (χ1n) is 11.7. The molecule has 0 heterocycles. The van der Waals surface area contributed by atoms with E-state index in [1.54, 1.807) is 7.11 Å². The third-order valence-corrected chi connectivity index (χ3v) is 5.97. The number of fused-ring (bicyclic) bond motifs is 1. The van der Waals surface area contributed by atoms with Gasteiger partial charge in [-0.2, -0.15) is 0 Å². The standard InChI is InChI=1S/C26H39BrO3/c1-3-4-5-9-12-19-29-23-15-16-24-22(21-23)14-17-25(26(24)28-2)30-20-13-10-7-6-8-11-18-27/h14-17,21H,3-13,18-20H2,1-2H3. The van der Waals surface area contributed by atoms with E-state index in [1.807, 2.05) is 12.1 Å². The maximum absolute atomic E-state index is 6.04. The summed E-state index contributed by atoms with van der Waals surface area (Å²) in [5.41, 5.74) is 0. The highest BCUT2D eigenvalue weighted by Crippen LogP contribution is 2.37. The fraction of sp³-hybridized carbons (Fsp3) is 0.615. The molecule has 168 valence electrons. The minimum atomic E-state index is 0.736. The number of hydrogen-bond acceptors (Lipinski definition) is 3. The van der Waals surface area contributed by atoms with Crippen molar-refractivity contribution in [3.63, 3.8) is 0 Å². The number of unbranched alkanes of at least 4 members (excludes halogenated alkanes) is 9. The molecule has 0 aliphatic heterocycles. The number of alkyl halides is 1. The molecule has 0 radical (unpaired) electrons. The SMILES string of the molecule is CCCCCCCOc1ccc2c(OC)c(OCCCCCCCCBr)ccc2c1. The Morgan fingerprint density at radius 3 is 2.10 bits per heavy atom. The molecule has 0 saturated carbocycles. The first kappa shape index (κ1) is 24.8. The number of benzene rings is 2. The molecule has 3 nitrogen and oxygen atoms in total. The summed E-state index contributed by atoms with van der Waals surface area (Å²) in [6, 6.07) is 10.3. The Kier molecular flexibility index (Phi) is 12.7. The lowest BCUT2D eigenvalue weighted by Gasteiger charge is -2.14. The molecule has 0 unspecified atom stereocenters. The molecule has 0 bridgehead atoms. The molecule has 0 spiro atoms. The molecule has 2 rings (SSSR count). The van der Waals surface area contributed by atoms with Gasteiger partial charge < -0.3 is 14.2 Å². The Balaban J connectivity index is 1.83. The molecule has 0 N–H and O–H groups in total. The van der Waals surface area contributed by atoms with Crippen LogP contribution in [0.4, 0.5) is 0 Å². The van der Waals surface area contributed by atoms with Gasteiger partial charge in [-0.25, -0.2) is 0 Å². The Morgan fingerprint density at radius 2 is 1.40 bits per heavy atom. The maximum atomic E-state index is 6.04. The lowest BCUT2D eigenvalue weighted by atomic mass is 10.1. The summed E-state index contributed by atoms with van der Waals surface area (Å²) in [7, 11) is 1.71. The van der Waals surface area contributed by atoms with Crippen LogP contribution < -0.4 is 14.2 Å². The molecule has 0 aliphatic carbocycles. The van der Waals surface area contributed by atoms with Crippen molar-refractivity contribution < 1.29 is 14.2 Å². The minimum Gasteiger partial charge on any atom is -0.494 e. The second-order valence-corrected chi connectivity index (χ2v) is 8.69. The monoisotopic (exact) mass is 478 g/mol. The smallest absolute Gasteiger partial charge is 0.168 e. The van der Waals surface area contributed by atoms with E-state index >= 15 is 0 Å². The van der Waals surface area contributed by atoms with Gasteiger partial charge in [0.1, 0.15) is 5.75 Å². The van der Waals surface area contributed by atoms with Gasteiger partial charge in [0.25, 0.3) is 0 Å². The van der Waals surface area contributed by atoms with Gasteiger partial charge in [0.05, 0.1) is 20.3 Å². The summed E-state index contributed by atoms with van der Waals surface area (Å²) in [5, 5.41) is 3.31. The van der Waals surface area contributed by atoms with Crippen LogP contribution in [0.25, 0.3) is 10.8 Å². The molecule has 0 saturated heterocycles. The maximum Gasteiger partial charge on any atom is 0.168 e. The zero-order chi connectivity index (χ0) is 21.4. The van der Waals surface area contributed by atoms with Crippen LogP contribution in [0.15, 0.2) is 30.3 Å². The lowest BCUT2D eigenvalue weighted by Crippen LogP contribution is -2.00. The van der Waals surface area contributed by atoms with Crippen molar-refractivity contribution in [2.75, 3.05) is 25.7 Å². The zero-order valence-electron chi connectivity index (χ0n) is 18.9. The molecule has 0 fully saturated rings. The van der Waals surface area contributed by atoms with Gasteiger partial charge in [-0.3, -0.25) is 0 Å². The summed E-state index contributed by atoms with van der Waals surface area (Å²) in [6.07, 6.45) is 13.7. The van der Waals surface area contributed by atoms with Gasteiger partial charge in [0.2, 0.25) is 0 Å². The molecular formula is C26H39BrO3. The highest BCUT2D eigenvalue weighted by Gasteiger charge is 2.10. The summed E-state index contributed by atoms with van der Waals surface area (Å²) in [6.45, 7) is 3.76. The Morgan fingerprint density at radius 1 is 0.733 bits per heavy atom. The number of rotatable bonds is 17. The fourth-order valence-electron chi connectivity index (χ4n) is 3.65. The van der Waals surface area contributed by atoms with Crippen LogP contribution in [0.1, 0.15) is 77.6 Å². The van der Waals surface area contributed by atoms with Gasteiger partial charge >= 0.3 is 0 Å². The highest BCUT2D eigenvalue weighted by atomic mass is 79.9. The highest BCUT2D eigenvalue weighted by molar-refractivity contribution is 9.09. The predicted molar refractivity (Wildman–Crippen MR) is 132 cm³/mol. The van der Waals surface area contributed by atoms with E-state index in [2.05, 4.69) is 41.1 Å². The van der Waals surface area contributed by atoms with Crippen LogP contribution in [-0.2, 0) is 0 Å². The third-order valence-electron chi connectivity index (χ3n) is 5.41. The van der Waals surface area contributed by atoms with Crippen LogP contribution in [0.3, 0.4) is 0 Å². The normalized spacial score (nSPS) is 11.0. The molecule has 4 heteroatoms. The van der Waals surface area contributed by atoms with E-state index in [4.69, 9.17) is 14.2 Å². The zero-order valence-corrected chi connectivity index (χ0v) is 20.5. The molecule has 30 heavy (non-hydrogen) atoms. The van der Waals surface area contributed by atoms with Gasteiger partial charge in [-0.1, -0.05) is 80.3 Å². The van der Waals surface area contributed by atoms with Crippen LogP contribution >= 0.6 is 15.9 Å². The van der Waals surface area contributed by atoms with E-state index < -0.39 is 0 Å². The van der Waals surface area contributed by atoms with E-state index in [0.29, 0.717) is 0 Å². The molecule has 0 atom stereocenters. The first-order valence-corrected chi connectivity index (χ1v) is 12.8. The van der Waals surface area contributed by atoms with Crippen molar-refractivity contribution in [2.45, 2.75) is 77.6 Å². The number of ether oxygens (including phenoxy) is 3. The summed E-state index contributed by atoms with van der Waals surface area (Å²) < 4.78 is 17.7. The second kappa shape index (κ2) is 15.4. The quantitative estimate of drug-likeness (QED) is 0.169. The van der Waals surface area contributed by atoms with Crippen LogP contribution in [-0.4, -0.2) is 25.7 Å². The average molecular weight is 479 g/mol. The molecule has 2 aromatic carbocycles. The number of methoxy groups -OCH3 is 1. The van der Waals surface area contributed by atoms with Crippen molar-refractivity contribution in [1.29, 1.82) is 0 Å². The summed E-state index contributed by atoms with van der Waals surface area (Å²) in [4.78, 5) is 0. The van der Waals surface area contributed by atoms with E-state index in [1.165, 1.54) is 57.8 Å². The van der Waals surface area contributed by atoms with E-state index in [9.17, 15) is 0 Å². The summed E-state index contributed by atoms with van der Waals surface area (Å²) >= 11 is 3.49. The number of halogens is 1. The van der Waals surface area contributed by atoms with Crippen LogP contribution in [0, 0.1) is 0 Å². The lowest BCUT2D eigenvalue weighted by molar-refractivity contribution is 0.286. The van der Waals surface area contributed by atoms with Gasteiger partial charge in [-0.15, -0.1) is 0 Å². The fourth-order valence-corrected chi connectivity index (χ4v) is 4.05. The van der Waals surface area contributed by atoms with Crippen molar-refractivity contribution in [1.82, 2.24) is 0 Å². The van der Waals surface area contributed by atoms with Crippen molar-refractivity contribution in [2.24, 2.45) is 0 Å². The van der Waals surface area contributed by atoms with Crippen LogP contribution in [0.2, 0.25) is 0 Å². The van der Waals surface area contributed by atoms with Gasteiger partial charge in [0.15, 0.2) is 11.5 Å². The molecule has 2 aromatic rings. The van der Waals surface area contributed by atoms with Crippen molar-refractivity contribution >= 4 is 26.7 Å². The average Bonchev–Trinajstić information content (AvgIpc) is 2.77. The molecule has 0 amide bonds. The largest absolute Gasteiger partial charge is 0.494 e.